The number of rotatable bonds is 6. The topological polar surface area (TPSA) is 74.8 Å². The number of ether oxygens (including phenoxy) is 1. The lowest BCUT2D eigenvalue weighted by Gasteiger charge is -2.37. The summed E-state index contributed by atoms with van der Waals surface area (Å²) in [5.74, 6) is 1.71. The van der Waals surface area contributed by atoms with Crippen LogP contribution in [-0.4, -0.2) is 61.3 Å². The average Bonchev–Trinajstić information content (AvgIpc) is 2.47. The molecule has 0 bridgehead atoms. The maximum atomic E-state index is 11.9. The molecule has 1 fully saturated rings. The number of halogens is 1. The molecule has 6 nitrogen and oxygen atoms in total. The van der Waals surface area contributed by atoms with E-state index >= 15 is 0 Å². The maximum Gasteiger partial charge on any atom is 0.239 e. The van der Waals surface area contributed by atoms with Crippen LogP contribution in [0.15, 0.2) is 4.99 Å². The zero-order valence-corrected chi connectivity index (χ0v) is 18.7. The van der Waals surface area contributed by atoms with Gasteiger partial charge in [-0.05, 0) is 39.4 Å². The van der Waals surface area contributed by atoms with E-state index < -0.39 is 0 Å². The Morgan fingerprint density at radius 2 is 1.88 bits per heavy atom. The van der Waals surface area contributed by atoms with Gasteiger partial charge in [-0.15, -0.1) is 24.0 Å². The Balaban J connectivity index is 0.00000529. The highest BCUT2D eigenvalue weighted by molar-refractivity contribution is 14.0. The van der Waals surface area contributed by atoms with Crippen molar-refractivity contribution in [2.45, 2.75) is 50.8 Å². The van der Waals surface area contributed by atoms with Gasteiger partial charge in [0.25, 0.3) is 0 Å². The summed E-state index contributed by atoms with van der Waals surface area (Å²) in [5, 5.41) is 9.37. The Kier molecular flexibility index (Phi) is 11.3. The zero-order chi connectivity index (χ0) is 17.3. The van der Waals surface area contributed by atoms with Crippen molar-refractivity contribution in [2.75, 3.05) is 39.1 Å². The van der Waals surface area contributed by atoms with Crippen LogP contribution in [0.3, 0.4) is 0 Å². The molecule has 24 heavy (non-hydrogen) atoms. The molecule has 1 saturated heterocycles. The highest BCUT2D eigenvalue weighted by Gasteiger charge is 2.32. The molecule has 142 valence electrons. The molecular formula is C16H33IN4O2S. The van der Waals surface area contributed by atoms with Gasteiger partial charge in [0.15, 0.2) is 5.96 Å². The zero-order valence-electron chi connectivity index (χ0n) is 15.5. The van der Waals surface area contributed by atoms with E-state index in [9.17, 15) is 4.79 Å². The fourth-order valence-corrected chi connectivity index (χ4v) is 3.76. The van der Waals surface area contributed by atoms with Crippen molar-refractivity contribution in [3.8, 4) is 0 Å². The van der Waals surface area contributed by atoms with Crippen LogP contribution in [0.1, 0.15) is 40.5 Å². The molecule has 1 heterocycles. The van der Waals surface area contributed by atoms with E-state index in [-0.39, 0.29) is 46.7 Å². The molecule has 0 aromatic heterocycles. The molecule has 0 aromatic carbocycles. The van der Waals surface area contributed by atoms with E-state index in [4.69, 9.17) is 4.74 Å². The lowest BCUT2D eigenvalue weighted by Crippen LogP contribution is -2.51. The Labute approximate surface area is 167 Å². The van der Waals surface area contributed by atoms with Gasteiger partial charge in [-0.1, -0.05) is 6.92 Å². The number of aliphatic imine (C=N–C) groups is 1. The molecule has 1 rings (SSSR count). The third-order valence-electron chi connectivity index (χ3n) is 3.59. The molecule has 3 N–H and O–H groups in total. The van der Waals surface area contributed by atoms with Gasteiger partial charge in [-0.3, -0.25) is 9.79 Å². The van der Waals surface area contributed by atoms with Crippen molar-refractivity contribution in [1.82, 2.24) is 16.0 Å². The van der Waals surface area contributed by atoms with Crippen molar-refractivity contribution in [3.05, 3.63) is 0 Å². The van der Waals surface area contributed by atoms with E-state index in [2.05, 4.69) is 27.9 Å². The number of guanidine groups is 1. The standard InChI is InChI=1S/C16H32N4O2S.HI/c1-6-23-16(7-9-22-10-8-16)12-19-14(17-5)18-11-13(21)20-15(2,3)4;/h6-12H2,1-5H3,(H,20,21)(H2,17,18,19);1H. The van der Waals surface area contributed by atoms with Gasteiger partial charge in [0.2, 0.25) is 5.91 Å². The first-order valence-corrected chi connectivity index (χ1v) is 9.26. The summed E-state index contributed by atoms with van der Waals surface area (Å²) in [6, 6.07) is 0. The van der Waals surface area contributed by atoms with Gasteiger partial charge in [0.1, 0.15) is 0 Å². The lowest BCUT2D eigenvalue weighted by atomic mass is 9.99. The van der Waals surface area contributed by atoms with Gasteiger partial charge in [-0.2, -0.15) is 11.8 Å². The highest BCUT2D eigenvalue weighted by atomic mass is 127. The number of hydrogen-bond donors (Lipinski definition) is 3. The van der Waals surface area contributed by atoms with Crippen molar-refractivity contribution < 1.29 is 9.53 Å². The molecule has 1 aliphatic rings. The predicted octanol–water partition coefficient (Wildman–Crippen LogP) is 1.99. The molecule has 1 aliphatic heterocycles. The van der Waals surface area contributed by atoms with Gasteiger partial charge < -0.3 is 20.7 Å². The number of nitrogens with one attached hydrogen (secondary N) is 3. The van der Waals surface area contributed by atoms with Crippen molar-refractivity contribution in [3.63, 3.8) is 0 Å². The molecule has 8 heteroatoms. The van der Waals surface area contributed by atoms with E-state index in [1.807, 2.05) is 32.5 Å². The molecule has 0 aliphatic carbocycles. The number of carbonyl (C=O) groups is 1. The van der Waals surface area contributed by atoms with Gasteiger partial charge >= 0.3 is 0 Å². The third kappa shape index (κ3) is 9.31. The summed E-state index contributed by atoms with van der Waals surface area (Å²) in [6.45, 7) is 10.8. The molecule has 0 aromatic rings. The van der Waals surface area contributed by atoms with Crippen LogP contribution in [-0.2, 0) is 9.53 Å². The van der Waals surface area contributed by atoms with E-state index in [1.54, 1.807) is 7.05 Å². The highest BCUT2D eigenvalue weighted by Crippen LogP contribution is 2.34. The quantitative estimate of drug-likeness (QED) is 0.313. The third-order valence-corrected chi connectivity index (χ3v) is 5.04. The van der Waals surface area contributed by atoms with Crippen LogP contribution in [0.2, 0.25) is 0 Å². The molecule has 0 unspecified atom stereocenters. The van der Waals surface area contributed by atoms with Crippen LogP contribution in [0.25, 0.3) is 0 Å². The van der Waals surface area contributed by atoms with E-state index in [1.165, 1.54) is 0 Å². The Morgan fingerprint density at radius 1 is 1.25 bits per heavy atom. The van der Waals surface area contributed by atoms with Crippen LogP contribution >= 0.6 is 35.7 Å². The first kappa shape index (κ1) is 23.8. The minimum absolute atomic E-state index is 0. The fraction of sp³-hybridized carbons (Fsp3) is 0.875. The molecule has 0 atom stereocenters. The van der Waals surface area contributed by atoms with Crippen LogP contribution in [0.5, 0.6) is 0 Å². The monoisotopic (exact) mass is 472 g/mol. The smallest absolute Gasteiger partial charge is 0.239 e. The number of nitrogens with zero attached hydrogens (tertiary/aromatic N) is 1. The SMILES string of the molecule is CCSC1(CNC(=NC)NCC(=O)NC(C)(C)C)CCOCC1.I. The first-order valence-electron chi connectivity index (χ1n) is 8.27. The summed E-state index contributed by atoms with van der Waals surface area (Å²) in [5.41, 5.74) is -0.223. The molecule has 0 spiro atoms. The largest absolute Gasteiger partial charge is 0.381 e. The first-order chi connectivity index (χ1) is 10.8. The second-order valence-corrected chi connectivity index (χ2v) is 8.54. The minimum atomic E-state index is -0.223. The molecule has 0 radical (unpaired) electrons. The van der Waals surface area contributed by atoms with E-state index in [0.29, 0.717) is 5.96 Å². The van der Waals surface area contributed by atoms with Crippen LogP contribution in [0.4, 0.5) is 0 Å². The number of amides is 1. The van der Waals surface area contributed by atoms with E-state index in [0.717, 1.165) is 38.4 Å². The van der Waals surface area contributed by atoms with Gasteiger partial charge in [-0.25, -0.2) is 0 Å². The van der Waals surface area contributed by atoms with Crippen LogP contribution in [0, 0.1) is 0 Å². The second-order valence-electron chi connectivity index (χ2n) is 6.81. The van der Waals surface area contributed by atoms with Crippen molar-refractivity contribution in [2.24, 2.45) is 4.99 Å². The lowest BCUT2D eigenvalue weighted by molar-refractivity contribution is -0.121. The average molecular weight is 472 g/mol. The normalized spacial score (nSPS) is 17.6. The van der Waals surface area contributed by atoms with Gasteiger partial charge in [0, 0.05) is 37.1 Å². The van der Waals surface area contributed by atoms with Crippen molar-refractivity contribution >= 4 is 47.6 Å². The Morgan fingerprint density at radius 3 is 2.38 bits per heavy atom. The second kappa shape index (κ2) is 11.4. The number of hydrogen-bond acceptors (Lipinski definition) is 4. The number of thioether (sulfide) groups is 1. The minimum Gasteiger partial charge on any atom is -0.381 e. The van der Waals surface area contributed by atoms with Crippen molar-refractivity contribution in [1.29, 1.82) is 0 Å². The summed E-state index contributed by atoms with van der Waals surface area (Å²) in [6.07, 6.45) is 2.08. The fourth-order valence-electron chi connectivity index (χ4n) is 2.51. The molecule has 1 amide bonds. The summed E-state index contributed by atoms with van der Waals surface area (Å²) in [4.78, 5) is 16.1. The van der Waals surface area contributed by atoms with Crippen LogP contribution < -0.4 is 16.0 Å². The maximum absolute atomic E-state index is 11.9. The predicted molar refractivity (Wildman–Crippen MR) is 114 cm³/mol. The summed E-state index contributed by atoms with van der Waals surface area (Å²) in [7, 11) is 1.72. The Bertz CT molecular complexity index is 402. The Hall–Kier alpha value is -0.220. The molecular weight excluding hydrogens is 439 g/mol. The molecule has 0 saturated carbocycles. The summed E-state index contributed by atoms with van der Waals surface area (Å²) < 4.78 is 5.68. The summed E-state index contributed by atoms with van der Waals surface area (Å²) >= 11 is 1.98. The van der Waals surface area contributed by atoms with Gasteiger partial charge in [0.05, 0.1) is 6.54 Å². The number of carbonyl (C=O) groups excluding carboxylic acids is 1.